The lowest BCUT2D eigenvalue weighted by molar-refractivity contribution is -0.274. The summed E-state index contributed by atoms with van der Waals surface area (Å²) in [6.07, 6.45) is -4.64. The zero-order valence-corrected chi connectivity index (χ0v) is 8.51. The van der Waals surface area contributed by atoms with Gasteiger partial charge in [-0.3, -0.25) is 0 Å². The van der Waals surface area contributed by atoms with Crippen molar-refractivity contribution >= 4 is 10.8 Å². The molecule has 2 aromatic carbocycles. The molecular weight excluding hydrogens is 217 g/mol. The molecule has 0 saturated heterocycles. The van der Waals surface area contributed by atoms with Crippen LogP contribution in [0.2, 0.25) is 0 Å². The van der Waals surface area contributed by atoms with E-state index in [4.69, 9.17) is 0 Å². The van der Waals surface area contributed by atoms with Gasteiger partial charge in [0.1, 0.15) is 5.75 Å². The lowest BCUT2D eigenvalue weighted by Crippen LogP contribution is -2.16. The first kappa shape index (κ1) is 10.8. The molecule has 0 heterocycles. The van der Waals surface area contributed by atoms with Crippen LogP contribution in [0.1, 0.15) is 5.56 Å². The first-order valence-electron chi connectivity index (χ1n) is 4.70. The summed E-state index contributed by atoms with van der Waals surface area (Å²) >= 11 is 0. The highest BCUT2D eigenvalue weighted by Gasteiger charge is 2.31. The molecule has 0 aliphatic rings. The summed E-state index contributed by atoms with van der Waals surface area (Å²) in [4.78, 5) is 0. The molecule has 0 aliphatic carbocycles. The number of alkyl halides is 3. The molecule has 0 radical (unpaired) electrons. The van der Waals surface area contributed by atoms with Gasteiger partial charge in [-0.05, 0) is 29.8 Å². The van der Waals surface area contributed by atoms with Crippen molar-refractivity contribution in [2.75, 3.05) is 0 Å². The molecule has 0 aromatic heterocycles. The minimum Gasteiger partial charge on any atom is -0.406 e. The number of ether oxygens (including phenoxy) is 1. The quantitative estimate of drug-likeness (QED) is 0.712. The third-order valence-electron chi connectivity index (χ3n) is 2.20. The molecule has 0 saturated carbocycles. The number of hydrogen-bond acceptors (Lipinski definition) is 1. The van der Waals surface area contributed by atoms with Crippen molar-refractivity contribution in [3.05, 3.63) is 42.0 Å². The first-order chi connectivity index (χ1) is 7.44. The zero-order chi connectivity index (χ0) is 11.8. The van der Waals surface area contributed by atoms with Crippen LogP contribution in [0.15, 0.2) is 36.4 Å². The predicted octanol–water partition coefficient (Wildman–Crippen LogP) is 4.05. The lowest BCUT2D eigenvalue weighted by Gasteiger charge is -2.09. The van der Waals surface area contributed by atoms with E-state index < -0.39 is 6.36 Å². The number of rotatable bonds is 1. The fourth-order valence-corrected chi connectivity index (χ4v) is 1.54. The van der Waals surface area contributed by atoms with E-state index in [1.165, 1.54) is 12.1 Å². The summed E-state index contributed by atoms with van der Waals surface area (Å²) in [5, 5.41) is 1.63. The van der Waals surface area contributed by atoms with Crippen LogP contribution in [0.3, 0.4) is 0 Å². The molecular formula is C12H9F3O. The topological polar surface area (TPSA) is 9.23 Å². The molecule has 0 bridgehead atoms. The number of aryl methyl sites for hydroxylation is 1. The summed E-state index contributed by atoms with van der Waals surface area (Å²) in [6.45, 7) is 1.93. The van der Waals surface area contributed by atoms with Gasteiger partial charge in [0.2, 0.25) is 0 Å². The molecule has 0 aliphatic heterocycles. The molecule has 0 N–H and O–H groups in total. The van der Waals surface area contributed by atoms with Gasteiger partial charge < -0.3 is 4.74 Å². The van der Waals surface area contributed by atoms with E-state index in [1.54, 1.807) is 12.1 Å². The highest BCUT2D eigenvalue weighted by Crippen LogP contribution is 2.26. The lowest BCUT2D eigenvalue weighted by atomic mass is 10.1. The van der Waals surface area contributed by atoms with E-state index in [0.29, 0.717) is 0 Å². The average molecular weight is 226 g/mol. The van der Waals surface area contributed by atoms with Gasteiger partial charge in [-0.1, -0.05) is 29.8 Å². The molecule has 2 aromatic rings. The van der Waals surface area contributed by atoms with E-state index in [1.807, 2.05) is 19.1 Å². The van der Waals surface area contributed by atoms with Crippen molar-refractivity contribution in [1.82, 2.24) is 0 Å². The number of fused-ring (bicyclic) bond motifs is 1. The Labute approximate surface area is 90.5 Å². The number of benzene rings is 2. The summed E-state index contributed by atoms with van der Waals surface area (Å²) < 4.78 is 39.8. The maximum Gasteiger partial charge on any atom is 0.573 e. The van der Waals surface area contributed by atoms with Crippen LogP contribution in [-0.4, -0.2) is 6.36 Å². The van der Waals surface area contributed by atoms with E-state index in [0.717, 1.165) is 16.3 Å². The van der Waals surface area contributed by atoms with Gasteiger partial charge >= 0.3 is 6.36 Å². The van der Waals surface area contributed by atoms with Gasteiger partial charge in [0.15, 0.2) is 0 Å². The van der Waals surface area contributed by atoms with Gasteiger partial charge in [0.05, 0.1) is 0 Å². The van der Waals surface area contributed by atoms with Crippen molar-refractivity contribution in [3.63, 3.8) is 0 Å². The Kier molecular flexibility index (Phi) is 2.50. The first-order valence-corrected chi connectivity index (χ1v) is 4.70. The van der Waals surface area contributed by atoms with E-state index in [2.05, 4.69) is 4.74 Å². The van der Waals surface area contributed by atoms with Crippen LogP contribution >= 0.6 is 0 Å². The van der Waals surface area contributed by atoms with E-state index in [-0.39, 0.29) is 5.75 Å². The fraction of sp³-hybridized carbons (Fsp3) is 0.167. The molecule has 84 valence electrons. The maximum atomic E-state index is 12.0. The van der Waals surface area contributed by atoms with Gasteiger partial charge in [-0.25, -0.2) is 0 Å². The van der Waals surface area contributed by atoms with Crippen LogP contribution in [0.4, 0.5) is 13.2 Å². The van der Waals surface area contributed by atoms with Gasteiger partial charge in [0.25, 0.3) is 0 Å². The van der Waals surface area contributed by atoms with Crippen molar-refractivity contribution < 1.29 is 17.9 Å². The van der Waals surface area contributed by atoms with Crippen molar-refractivity contribution in [3.8, 4) is 5.75 Å². The normalized spacial score (nSPS) is 11.8. The van der Waals surface area contributed by atoms with Crippen LogP contribution in [-0.2, 0) is 0 Å². The molecule has 0 fully saturated rings. The average Bonchev–Trinajstić information content (AvgIpc) is 2.16. The Morgan fingerprint density at radius 3 is 2.25 bits per heavy atom. The molecule has 4 heteroatoms. The SMILES string of the molecule is Cc1ccc2cc(OC(F)(F)F)ccc2c1. The smallest absolute Gasteiger partial charge is 0.406 e. The molecule has 2 rings (SSSR count). The zero-order valence-electron chi connectivity index (χ0n) is 8.51. The van der Waals surface area contributed by atoms with Crippen LogP contribution < -0.4 is 4.74 Å². The molecule has 0 atom stereocenters. The molecule has 1 nitrogen and oxygen atoms in total. The standard InChI is InChI=1S/C12H9F3O/c1-8-2-3-10-7-11(16-12(13,14)15)5-4-9(10)6-8/h2-7H,1H3. The third-order valence-corrected chi connectivity index (χ3v) is 2.20. The second-order valence-electron chi connectivity index (χ2n) is 3.56. The second-order valence-corrected chi connectivity index (χ2v) is 3.56. The third kappa shape index (κ3) is 2.45. The fourth-order valence-electron chi connectivity index (χ4n) is 1.54. The van der Waals surface area contributed by atoms with Crippen molar-refractivity contribution in [2.24, 2.45) is 0 Å². The van der Waals surface area contributed by atoms with Crippen LogP contribution in [0.5, 0.6) is 5.75 Å². The molecule has 0 spiro atoms. The summed E-state index contributed by atoms with van der Waals surface area (Å²) in [6, 6.07) is 9.83. The van der Waals surface area contributed by atoms with Crippen LogP contribution in [0, 0.1) is 6.92 Å². The molecule has 16 heavy (non-hydrogen) atoms. The largest absolute Gasteiger partial charge is 0.573 e. The number of hydrogen-bond donors (Lipinski definition) is 0. The van der Waals surface area contributed by atoms with E-state index in [9.17, 15) is 13.2 Å². The molecule has 0 unspecified atom stereocenters. The Balaban J connectivity index is 2.41. The minimum atomic E-state index is -4.64. The predicted molar refractivity (Wildman–Crippen MR) is 55.4 cm³/mol. The van der Waals surface area contributed by atoms with E-state index >= 15 is 0 Å². The highest BCUT2D eigenvalue weighted by atomic mass is 19.4. The summed E-state index contributed by atoms with van der Waals surface area (Å²) in [7, 11) is 0. The number of halogens is 3. The summed E-state index contributed by atoms with van der Waals surface area (Å²) in [5.74, 6) is -0.191. The maximum absolute atomic E-state index is 12.0. The van der Waals surface area contributed by atoms with Gasteiger partial charge in [0, 0.05) is 0 Å². The Morgan fingerprint density at radius 1 is 0.938 bits per heavy atom. The molecule has 0 amide bonds. The summed E-state index contributed by atoms with van der Waals surface area (Å²) in [5.41, 5.74) is 1.07. The highest BCUT2D eigenvalue weighted by molar-refractivity contribution is 5.84. The Morgan fingerprint density at radius 2 is 1.56 bits per heavy atom. The van der Waals surface area contributed by atoms with Gasteiger partial charge in [-0.2, -0.15) is 0 Å². The van der Waals surface area contributed by atoms with Gasteiger partial charge in [-0.15, -0.1) is 13.2 Å². The minimum absolute atomic E-state index is 0.191. The monoisotopic (exact) mass is 226 g/mol. The van der Waals surface area contributed by atoms with Crippen molar-refractivity contribution in [1.29, 1.82) is 0 Å². The van der Waals surface area contributed by atoms with Crippen molar-refractivity contribution in [2.45, 2.75) is 13.3 Å². The Bertz CT molecular complexity index is 517. The Hall–Kier alpha value is -1.71. The second kappa shape index (κ2) is 3.70. The van der Waals surface area contributed by atoms with Crippen LogP contribution in [0.25, 0.3) is 10.8 Å².